The summed E-state index contributed by atoms with van der Waals surface area (Å²) >= 11 is 0. The molecule has 1 aromatic heterocycles. The van der Waals surface area contributed by atoms with Crippen LogP contribution in [0.1, 0.15) is 20.3 Å². The van der Waals surface area contributed by atoms with Crippen molar-refractivity contribution < 1.29 is 8.42 Å². The first-order valence-corrected chi connectivity index (χ1v) is 7.21. The molecule has 0 atom stereocenters. The van der Waals surface area contributed by atoms with E-state index in [1.807, 2.05) is 0 Å². The zero-order chi connectivity index (χ0) is 13.8. The molecule has 102 valence electrons. The van der Waals surface area contributed by atoms with Gasteiger partial charge in [0.15, 0.2) is 0 Å². The summed E-state index contributed by atoms with van der Waals surface area (Å²) in [5.41, 5.74) is 2.33. The second kappa shape index (κ2) is 6.12. The van der Waals surface area contributed by atoms with E-state index in [1.54, 1.807) is 7.05 Å². The van der Waals surface area contributed by atoms with Gasteiger partial charge in [0.05, 0.1) is 4.90 Å². The Balaban J connectivity index is 2.91. The highest BCUT2D eigenvalue weighted by molar-refractivity contribution is 7.89. The average Bonchev–Trinajstić information content (AvgIpc) is 2.35. The third-order valence-electron chi connectivity index (χ3n) is 2.61. The van der Waals surface area contributed by atoms with Crippen LogP contribution >= 0.6 is 0 Å². The van der Waals surface area contributed by atoms with Crippen molar-refractivity contribution in [1.29, 1.82) is 0 Å². The molecule has 3 N–H and O–H groups in total. The van der Waals surface area contributed by atoms with E-state index in [-0.39, 0.29) is 4.90 Å². The molecule has 0 bridgehead atoms. The number of aromatic nitrogens is 1. The van der Waals surface area contributed by atoms with Crippen molar-refractivity contribution >= 4 is 15.8 Å². The van der Waals surface area contributed by atoms with Crippen LogP contribution in [0.2, 0.25) is 0 Å². The van der Waals surface area contributed by atoms with Gasteiger partial charge in [-0.1, -0.05) is 13.8 Å². The first-order chi connectivity index (χ1) is 8.37. The van der Waals surface area contributed by atoms with Crippen LogP contribution in [0, 0.1) is 5.92 Å². The number of nitrogens with two attached hydrogens (primary N) is 1. The minimum Gasteiger partial charge on any atom is -0.308 e. The van der Waals surface area contributed by atoms with Crippen LogP contribution in [-0.4, -0.2) is 31.3 Å². The first-order valence-electron chi connectivity index (χ1n) is 5.77. The first kappa shape index (κ1) is 14.9. The van der Waals surface area contributed by atoms with Crippen LogP contribution < -0.4 is 11.3 Å². The minimum atomic E-state index is -3.47. The van der Waals surface area contributed by atoms with Gasteiger partial charge in [0, 0.05) is 25.9 Å². The minimum absolute atomic E-state index is 0.191. The number of sulfonamides is 1. The topological polar surface area (TPSA) is 88.3 Å². The molecule has 0 radical (unpaired) electrons. The molecule has 18 heavy (non-hydrogen) atoms. The van der Waals surface area contributed by atoms with Gasteiger partial charge in [0.1, 0.15) is 5.82 Å². The third kappa shape index (κ3) is 3.66. The lowest BCUT2D eigenvalue weighted by Gasteiger charge is -2.18. The molecule has 0 spiro atoms. The Morgan fingerprint density at radius 1 is 1.50 bits per heavy atom. The van der Waals surface area contributed by atoms with E-state index < -0.39 is 10.0 Å². The van der Waals surface area contributed by atoms with Crippen LogP contribution in [0.25, 0.3) is 0 Å². The Morgan fingerprint density at radius 2 is 2.17 bits per heavy atom. The van der Waals surface area contributed by atoms with E-state index >= 15 is 0 Å². The van der Waals surface area contributed by atoms with E-state index in [0.29, 0.717) is 18.3 Å². The van der Waals surface area contributed by atoms with E-state index in [0.717, 1.165) is 6.42 Å². The summed E-state index contributed by atoms with van der Waals surface area (Å²) in [5, 5.41) is 0. The molecule has 0 unspecified atom stereocenters. The predicted octanol–water partition coefficient (Wildman–Crippen LogP) is 1.03. The molecule has 0 aliphatic carbocycles. The number of nitrogens with zero attached hydrogens (tertiary/aromatic N) is 2. The summed E-state index contributed by atoms with van der Waals surface area (Å²) in [4.78, 5) is 4.08. The molecule has 7 heteroatoms. The Hall–Kier alpha value is -1.18. The standard InChI is InChI=1S/C11H20N4O2S/c1-9(2)5-7-15(3)18(16,17)10-4-6-13-11(8-10)14-12/h4,6,8-9H,5,7,12H2,1-3H3,(H,13,14). The summed E-state index contributed by atoms with van der Waals surface area (Å²) in [6, 6.07) is 2.88. The fourth-order valence-corrected chi connectivity index (χ4v) is 2.59. The molecule has 6 nitrogen and oxygen atoms in total. The van der Waals surface area contributed by atoms with Crippen LogP contribution in [-0.2, 0) is 10.0 Å². The van der Waals surface area contributed by atoms with Crippen molar-refractivity contribution in [3.8, 4) is 0 Å². The maximum Gasteiger partial charge on any atom is 0.243 e. The highest BCUT2D eigenvalue weighted by Gasteiger charge is 2.21. The molecule has 1 aromatic rings. The molecule has 0 fully saturated rings. The van der Waals surface area contributed by atoms with E-state index in [9.17, 15) is 8.42 Å². The van der Waals surface area contributed by atoms with Gasteiger partial charge in [-0.05, 0) is 18.4 Å². The van der Waals surface area contributed by atoms with Crippen molar-refractivity contribution in [3.63, 3.8) is 0 Å². The number of rotatable bonds is 6. The van der Waals surface area contributed by atoms with E-state index in [1.165, 1.54) is 22.6 Å². The molecule has 0 saturated heterocycles. The van der Waals surface area contributed by atoms with Crippen LogP contribution in [0.3, 0.4) is 0 Å². The number of pyridine rings is 1. The Bertz CT molecular complexity index is 488. The predicted molar refractivity (Wildman–Crippen MR) is 71.3 cm³/mol. The van der Waals surface area contributed by atoms with E-state index in [4.69, 9.17) is 5.84 Å². The Kier molecular flexibility index (Phi) is 5.06. The van der Waals surface area contributed by atoms with Gasteiger partial charge in [-0.2, -0.15) is 0 Å². The van der Waals surface area contributed by atoms with Crippen molar-refractivity contribution in [2.45, 2.75) is 25.2 Å². The zero-order valence-corrected chi connectivity index (χ0v) is 11.7. The lowest BCUT2D eigenvalue weighted by molar-refractivity contribution is 0.428. The van der Waals surface area contributed by atoms with Crippen LogP contribution in [0.5, 0.6) is 0 Å². The molecular formula is C11H20N4O2S. The summed E-state index contributed by atoms with van der Waals surface area (Å²) < 4.78 is 25.8. The molecule has 0 saturated carbocycles. The maximum absolute atomic E-state index is 12.2. The quantitative estimate of drug-likeness (QED) is 0.596. The summed E-state index contributed by atoms with van der Waals surface area (Å²) in [6.07, 6.45) is 2.24. The summed E-state index contributed by atoms with van der Waals surface area (Å²) in [6.45, 7) is 4.61. The molecule has 0 aliphatic rings. The van der Waals surface area contributed by atoms with Gasteiger partial charge in [-0.15, -0.1) is 0 Å². The second-order valence-electron chi connectivity index (χ2n) is 4.53. The lowest BCUT2D eigenvalue weighted by atomic mass is 10.1. The van der Waals surface area contributed by atoms with Gasteiger partial charge in [0.2, 0.25) is 10.0 Å². The van der Waals surface area contributed by atoms with Gasteiger partial charge in [-0.25, -0.2) is 23.5 Å². The van der Waals surface area contributed by atoms with Crippen LogP contribution in [0.15, 0.2) is 23.2 Å². The maximum atomic E-state index is 12.2. The number of hydrazine groups is 1. The van der Waals surface area contributed by atoms with Crippen molar-refractivity contribution in [2.24, 2.45) is 11.8 Å². The molecular weight excluding hydrogens is 252 g/mol. The van der Waals surface area contributed by atoms with Gasteiger partial charge < -0.3 is 5.43 Å². The van der Waals surface area contributed by atoms with Crippen LogP contribution in [0.4, 0.5) is 5.82 Å². The normalized spacial score (nSPS) is 12.1. The Morgan fingerprint density at radius 3 is 2.72 bits per heavy atom. The summed E-state index contributed by atoms with van der Waals surface area (Å²) in [5.74, 6) is 6.00. The van der Waals surface area contributed by atoms with Gasteiger partial charge in [0.25, 0.3) is 0 Å². The highest BCUT2D eigenvalue weighted by Crippen LogP contribution is 2.17. The number of nitrogen functional groups attached to an aromatic ring is 1. The fourth-order valence-electron chi connectivity index (χ4n) is 1.39. The zero-order valence-electron chi connectivity index (χ0n) is 10.9. The van der Waals surface area contributed by atoms with Crippen molar-refractivity contribution in [3.05, 3.63) is 18.3 Å². The fraction of sp³-hybridized carbons (Fsp3) is 0.545. The second-order valence-corrected chi connectivity index (χ2v) is 6.58. The van der Waals surface area contributed by atoms with Crippen molar-refractivity contribution in [2.75, 3.05) is 19.0 Å². The highest BCUT2D eigenvalue weighted by atomic mass is 32.2. The number of hydrogen-bond acceptors (Lipinski definition) is 5. The Labute approximate surface area is 108 Å². The molecule has 1 heterocycles. The third-order valence-corrected chi connectivity index (χ3v) is 4.46. The molecule has 0 aromatic carbocycles. The SMILES string of the molecule is CC(C)CCN(C)S(=O)(=O)c1ccnc(NN)c1. The van der Waals surface area contributed by atoms with Gasteiger partial charge in [-0.3, -0.25) is 0 Å². The number of nitrogens with one attached hydrogen (secondary N) is 1. The monoisotopic (exact) mass is 272 g/mol. The van der Waals surface area contributed by atoms with Crippen molar-refractivity contribution in [1.82, 2.24) is 9.29 Å². The smallest absolute Gasteiger partial charge is 0.243 e. The average molecular weight is 272 g/mol. The lowest BCUT2D eigenvalue weighted by Crippen LogP contribution is -2.28. The van der Waals surface area contributed by atoms with E-state index in [2.05, 4.69) is 24.3 Å². The molecule has 0 amide bonds. The van der Waals surface area contributed by atoms with Gasteiger partial charge >= 0.3 is 0 Å². The number of hydrogen-bond donors (Lipinski definition) is 2. The number of anilines is 1. The largest absolute Gasteiger partial charge is 0.308 e. The molecule has 0 aliphatic heterocycles. The molecule has 1 rings (SSSR count). The summed E-state index contributed by atoms with van der Waals surface area (Å²) in [7, 11) is -1.89.